The number of primary amides is 2. The van der Waals surface area contributed by atoms with Gasteiger partial charge in [0.25, 0.3) is 0 Å². The highest BCUT2D eigenvalue weighted by Crippen LogP contribution is 2.31. The molecule has 0 aliphatic carbocycles. The summed E-state index contributed by atoms with van der Waals surface area (Å²) in [7, 11) is 0. The van der Waals surface area contributed by atoms with E-state index in [1.807, 2.05) is 13.8 Å². The second-order valence-corrected chi connectivity index (χ2v) is 5.30. The van der Waals surface area contributed by atoms with Gasteiger partial charge in [-0.25, -0.2) is 4.39 Å². The molecule has 1 aromatic carbocycles. The molecule has 23 heavy (non-hydrogen) atoms. The predicted octanol–water partition coefficient (Wildman–Crippen LogP) is 1.55. The maximum absolute atomic E-state index is 11.9. The molecule has 1 aromatic rings. The standard InChI is InChI=1S/C10H19N3O2.C6H5F.ClH/c1-3-7-8(10(12)15)6(9(11)14)5-13(7)4-2;7-6-4-2-1-3-5-6;/h6-8H,3-5H2,1-2H3,(H2,11,14)(H2,12,15);1-5H;1H. The van der Waals surface area contributed by atoms with Crippen LogP contribution in [0, 0.1) is 17.7 Å². The van der Waals surface area contributed by atoms with E-state index in [1.54, 1.807) is 18.2 Å². The molecule has 7 heteroatoms. The summed E-state index contributed by atoms with van der Waals surface area (Å²) in [6, 6.07) is 8.00. The van der Waals surface area contributed by atoms with Gasteiger partial charge in [0.15, 0.2) is 0 Å². The SMILES string of the molecule is CCC1C(C(N)=O)C(C(N)=O)CN1CC.Cl.Fc1ccccc1. The Bertz CT molecular complexity index is 501. The van der Waals surface area contributed by atoms with Crippen molar-refractivity contribution in [3.63, 3.8) is 0 Å². The van der Waals surface area contributed by atoms with Crippen LogP contribution in [0.3, 0.4) is 0 Å². The van der Waals surface area contributed by atoms with Crippen molar-refractivity contribution >= 4 is 24.2 Å². The minimum Gasteiger partial charge on any atom is -0.369 e. The average molecular weight is 346 g/mol. The van der Waals surface area contributed by atoms with Gasteiger partial charge in [0.05, 0.1) is 11.8 Å². The highest BCUT2D eigenvalue weighted by Gasteiger charge is 2.45. The van der Waals surface area contributed by atoms with Crippen LogP contribution in [-0.4, -0.2) is 35.8 Å². The number of benzene rings is 1. The minimum atomic E-state index is -0.424. The lowest BCUT2D eigenvalue weighted by Crippen LogP contribution is -2.41. The van der Waals surface area contributed by atoms with Gasteiger partial charge in [0, 0.05) is 12.6 Å². The molecule has 130 valence electrons. The van der Waals surface area contributed by atoms with E-state index in [4.69, 9.17) is 11.5 Å². The van der Waals surface area contributed by atoms with Gasteiger partial charge in [-0.3, -0.25) is 14.5 Å². The van der Waals surface area contributed by atoms with E-state index in [0.717, 1.165) is 13.0 Å². The molecule has 0 aromatic heterocycles. The first-order valence-corrected chi connectivity index (χ1v) is 7.45. The molecule has 2 amide bonds. The minimum absolute atomic E-state index is 0. The zero-order chi connectivity index (χ0) is 16.7. The monoisotopic (exact) mass is 345 g/mol. The van der Waals surface area contributed by atoms with E-state index in [0.29, 0.717) is 6.54 Å². The van der Waals surface area contributed by atoms with Crippen LogP contribution < -0.4 is 11.5 Å². The molecule has 0 saturated carbocycles. The van der Waals surface area contributed by atoms with Gasteiger partial charge in [0.1, 0.15) is 5.82 Å². The van der Waals surface area contributed by atoms with Crippen molar-refractivity contribution < 1.29 is 14.0 Å². The zero-order valence-corrected chi connectivity index (χ0v) is 14.3. The Morgan fingerprint density at radius 1 is 1.17 bits per heavy atom. The summed E-state index contributed by atoms with van der Waals surface area (Å²) in [6.07, 6.45) is 0.811. The van der Waals surface area contributed by atoms with Gasteiger partial charge in [-0.15, -0.1) is 12.4 Å². The first kappa shape index (κ1) is 21.3. The van der Waals surface area contributed by atoms with Crippen molar-refractivity contribution in [3.8, 4) is 0 Å². The normalized spacial score (nSPS) is 23.3. The Labute approximate surface area is 142 Å². The fourth-order valence-electron chi connectivity index (χ4n) is 2.94. The molecule has 0 spiro atoms. The molecule has 3 atom stereocenters. The van der Waals surface area contributed by atoms with Crippen LogP contribution >= 0.6 is 12.4 Å². The summed E-state index contributed by atoms with van der Waals surface area (Å²) in [6.45, 7) is 5.36. The van der Waals surface area contributed by atoms with E-state index in [-0.39, 0.29) is 24.3 Å². The van der Waals surface area contributed by atoms with Crippen molar-refractivity contribution in [2.45, 2.75) is 26.3 Å². The molecule has 1 fully saturated rings. The molecule has 1 saturated heterocycles. The number of hydrogen-bond donors (Lipinski definition) is 2. The fourth-order valence-corrected chi connectivity index (χ4v) is 2.94. The second-order valence-electron chi connectivity index (χ2n) is 5.30. The molecule has 1 aliphatic heterocycles. The quantitative estimate of drug-likeness (QED) is 0.867. The first-order chi connectivity index (χ1) is 10.4. The van der Waals surface area contributed by atoms with Crippen LogP contribution in [0.4, 0.5) is 4.39 Å². The van der Waals surface area contributed by atoms with Gasteiger partial charge in [0.2, 0.25) is 11.8 Å². The third kappa shape index (κ3) is 5.80. The molecule has 1 aliphatic rings. The van der Waals surface area contributed by atoms with Crippen molar-refractivity contribution in [2.75, 3.05) is 13.1 Å². The number of carbonyl (C=O) groups is 2. The summed E-state index contributed by atoms with van der Waals surface area (Å²) < 4.78 is 11.9. The maximum atomic E-state index is 11.9. The molecular formula is C16H25ClFN3O2. The van der Waals surface area contributed by atoms with Crippen LogP contribution in [0.5, 0.6) is 0 Å². The summed E-state index contributed by atoms with van der Waals surface area (Å²) in [5.41, 5.74) is 10.6. The lowest BCUT2D eigenvalue weighted by atomic mass is 9.88. The molecule has 5 nitrogen and oxygen atoms in total. The largest absolute Gasteiger partial charge is 0.369 e. The van der Waals surface area contributed by atoms with Crippen LogP contribution in [0.1, 0.15) is 20.3 Å². The first-order valence-electron chi connectivity index (χ1n) is 7.45. The van der Waals surface area contributed by atoms with Gasteiger partial charge in [-0.2, -0.15) is 0 Å². The van der Waals surface area contributed by atoms with E-state index in [2.05, 4.69) is 4.90 Å². The van der Waals surface area contributed by atoms with Crippen molar-refractivity contribution in [1.82, 2.24) is 4.90 Å². The number of rotatable bonds is 4. The third-order valence-electron chi connectivity index (χ3n) is 4.00. The Balaban J connectivity index is 0.000000509. The fraction of sp³-hybridized carbons (Fsp3) is 0.500. The summed E-state index contributed by atoms with van der Waals surface area (Å²) in [5, 5.41) is 0. The van der Waals surface area contributed by atoms with Crippen molar-refractivity contribution in [2.24, 2.45) is 23.3 Å². The van der Waals surface area contributed by atoms with E-state index in [1.165, 1.54) is 12.1 Å². The lowest BCUT2D eigenvalue weighted by molar-refractivity contribution is -0.130. The van der Waals surface area contributed by atoms with Crippen LogP contribution in [0.15, 0.2) is 30.3 Å². The molecule has 0 bridgehead atoms. The highest BCUT2D eigenvalue weighted by atomic mass is 35.5. The molecule has 3 unspecified atom stereocenters. The Morgan fingerprint density at radius 3 is 2.04 bits per heavy atom. The Hall–Kier alpha value is -1.66. The van der Waals surface area contributed by atoms with Gasteiger partial charge in [-0.1, -0.05) is 32.0 Å². The zero-order valence-electron chi connectivity index (χ0n) is 13.4. The van der Waals surface area contributed by atoms with Crippen LogP contribution in [0.2, 0.25) is 0 Å². The number of likely N-dealkylation sites (tertiary alicyclic amines) is 1. The topological polar surface area (TPSA) is 89.4 Å². The molecule has 2 rings (SSSR count). The van der Waals surface area contributed by atoms with Gasteiger partial charge < -0.3 is 11.5 Å². The number of carbonyl (C=O) groups excluding carboxylic acids is 2. The van der Waals surface area contributed by atoms with E-state index >= 15 is 0 Å². The number of amides is 2. The molecular weight excluding hydrogens is 321 g/mol. The number of hydrogen-bond acceptors (Lipinski definition) is 3. The predicted molar refractivity (Wildman–Crippen MR) is 90.3 cm³/mol. The van der Waals surface area contributed by atoms with Gasteiger partial charge in [-0.05, 0) is 25.1 Å². The lowest BCUT2D eigenvalue weighted by Gasteiger charge is -2.24. The number of nitrogens with two attached hydrogens (primary N) is 2. The summed E-state index contributed by atoms with van der Waals surface area (Å²) >= 11 is 0. The molecule has 1 heterocycles. The van der Waals surface area contributed by atoms with Gasteiger partial charge >= 0.3 is 0 Å². The maximum Gasteiger partial charge on any atom is 0.222 e. The summed E-state index contributed by atoms with van der Waals surface area (Å²) in [5.74, 6) is -1.86. The van der Waals surface area contributed by atoms with Crippen LogP contribution in [0.25, 0.3) is 0 Å². The molecule has 0 radical (unpaired) electrons. The second kappa shape index (κ2) is 10.2. The molecule has 4 N–H and O–H groups in total. The van der Waals surface area contributed by atoms with E-state index in [9.17, 15) is 14.0 Å². The third-order valence-corrected chi connectivity index (χ3v) is 4.00. The van der Waals surface area contributed by atoms with Crippen molar-refractivity contribution in [3.05, 3.63) is 36.1 Å². The van der Waals surface area contributed by atoms with Crippen LogP contribution in [-0.2, 0) is 9.59 Å². The smallest absolute Gasteiger partial charge is 0.222 e. The van der Waals surface area contributed by atoms with E-state index < -0.39 is 23.7 Å². The summed E-state index contributed by atoms with van der Waals surface area (Å²) in [4.78, 5) is 24.7. The number of halogens is 2. The van der Waals surface area contributed by atoms with Crippen molar-refractivity contribution in [1.29, 1.82) is 0 Å². The number of nitrogens with zero attached hydrogens (tertiary/aromatic N) is 1. The highest BCUT2D eigenvalue weighted by molar-refractivity contribution is 5.87. The Kier molecular flexibility index (Phi) is 9.44. The average Bonchev–Trinajstić information content (AvgIpc) is 2.87. The Morgan fingerprint density at radius 2 is 1.74 bits per heavy atom.